The molecule has 0 aliphatic carbocycles. The van der Waals surface area contributed by atoms with Gasteiger partial charge in [-0.25, -0.2) is 4.68 Å². The molecule has 2 aromatic carbocycles. The van der Waals surface area contributed by atoms with Gasteiger partial charge >= 0.3 is 0 Å². The number of aryl methyl sites for hydroxylation is 1. The third kappa shape index (κ3) is 4.50. The Labute approximate surface area is 191 Å². The normalized spacial score (nSPS) is 13.1. The molecule has 0 saturated heterocycles. The number of amides is 1. The average molecular weight is 446 g/mol. The first-order valence-electron chi connectivity index (χ1n) is 10.9. The lowest BCUT2D eigenvalue weighted by Crippen LogP contribution is -2.36. The summed E-state index contributed by atoms with van der Waals surface area (Å²) in [7, 11) is 0. The molecule has 32 heavy (non-hydrogen) atoms. The van der Waals surface area contributed by atoms with Crippen molar-refractivity contribution in [3.8, 4) is 0 Å². The van der Waals surface area contributed by atoms with Crippen LogP contribution in [-0.4, -0.2) is 15.7 Å². The SMILES string of the molecule is CCC(C)c1ccc(C(NC(=O)Cn2nc(C)c3ccccc3c2=O)c2cccs2)cc1. The summed E-state index contributed by atoms with van der Waals surface area (Å²) in [5, 5.41) is 10.9. The van der Waals surface area contributed by atoms with Gasteiger partial charge in [0.15, 0.2) is 0 Å². The standard InChI is InChI=1S/C26H27N3O2S/c1-4-17(2)19-11-13-20(14-12-19)25(23-10-7-15-32-23)27-24(30)16-29-26(31)22-9-6-5-8-21(22)18(3)28-29/h5-15,17,25H,4,16H2,1-3H3,(H,27,30). The van der Waals surface area contributed by atoms with E-state index in [-0.39, 0.29) is 24.1 Å². The number of hydrogen-bond donors (Lipinski definition) is 1. The van der Waals surface area contributed by atoms with Crippen molar-refractivity contribution in [3.63, 3.8) is 0 Å². The summed E-state index contributed by atoms with van der Waals surface area (Å²) in [5.74, 6) is 0.242. The number of thiophene rings is 1. The molecule has 164 valence electrons. The number of hydrogen-bond acceptors (Lipinski definition) is 4. The Bertz CT molecular complexity index is 1280. The lowest BCUT2D eigenvalue weighted by Gasteiger charge is -2.19. The summed E-state index contributed by atoms with van der Waals surface area (Å²) < 4.78 is 1.25. The number of benzene rings is 2. The van der Waals surface area contributed by atoms with E-state index in [0.29, 0.717) is 11.3 Å². The third-order valence-electron chi connectivity index (χ3n) is 5.93. The zero-order valence-corrected chi connectivity index (χ0v) is 19.4. The molecule has 2 atom stereocenters. The molecule has 4 rings (SSSR count). The molecule has 6 heteroatoms. The maximum atomic E-state index is 13.0. The molecule has 2 heterocycles. The quantitative estimate of drug-likeness (QED) is 0.426. The van der Waals surface area contributed by atoms with Gasteiger partial charge in [0.25, 0.3) is 5.56 Å². The first kappa shape index (κ1) is 22.0. The summed E-state index contributed by atoms with van der Waals surface area (Å²) in [6.45, 7) is 6.11. The second-order valence-corrected chi connectivity index (χ2v) is 9.06. The summed E-state index contributed by atoms with van der Waals surface area (Å²) in [5.41, 5.74) is 2.77. The topological polar surface area (TPSA) is 64.0 Å². The minimum absolute atomic E-state index is 0.128. The average Bonchev–Trinajstić information content (AvgIpc) is 3.35. The second-order valence-electron chi connectivity index (χ2n) is 8.09. The lowest BCUT2D eigenvalue weighted by atomic mass is 9.95. The smallest absolute Gasteiger partial charge is 0.275 e. The van der Waals surface area contributed by atoms with Gasteiger partial charge in [-0.3, -0.25) is 9.59 Å². The van der Waals surface area contributed by atoms with E-state index in [9.17, 15) is 9.59 Å². The van der Waals surface area contributed by atoms with Crippen LogP contribution in [-0.2, 0) is 11.3 Å². The van der Waals surface area contributed by atoms with E-state index in [1.54, 1.807) is 17.4 Å². The van der Waals surface area contributed by atoms with E-state index in [1.807, 2.05) is 42.6 Å². The number of carbonyl (C=O) groups is 1. The lowest BCUT2D eigenvalue weighted by molar-refractivity contribution is -0.122. The molecule has 0 radical (unpaired) electrons. The zero-order chi connectivity index (χ0) is 22.7. The van der Waals surface area contributed by atoms with Gasteiger partial charge in [0, 0.05) is 10.3 Å². The number of aromatic nitrogens is 2. The van der Waals surface area contributed by atoms with E-state index in [2.05, 4.69) is 48.5 Å². The first-order valence-corrected chi connectivity index (χ1v) is 11.7. The fourth-order valence-electron chi connectivity index (χ4n) is 3.88. The van der Waals surface area contributed by atoms with Crippen LogP contribution in [0.3, 0.4) is 0 Å². The Morgan fingerprint density at radius 3 is 2.38 bits per heavy atom. The highest BCUT2D eigenvalue weighted by atomic mass is 32.1. The largest absolute Gasteiger partial charge is 0.343 e. The molecule has 5 nitrogen and oxygen atoms in total. The maximum Gasteiger partial charge on any atom is 0.275 e. The Balaban J connectivity index is 1.60. The molecule has 4 aromatic rings. The molecule has 0 aliphatic rings. The van der Waals surface area contributed by atoms with Gasteiger partial charge in [-0.2, -0.15) is 5.10 Å². The van der Waals surface area contributed by atoms with Gasteiger partial charge in [0.05, 0.1) is 17.1 Å². The maximum absolute atomic E-state index is 13.0. The van der Waals surface area contributed by atoms with E-state index in [1.165, 1.54) is 10.2 Å². The summed E-state index contributed by atoms with van der Waals surface area (Å²) >= 11 is 1.60. The number of nitrogens with zero attached hydrogens (tertiary/aromatic N) is 2. The Kier molecular flexibility index (Phi) is 6.51. The number of carbonyl (C=O) groups excluding carboxylic acids is 1. The van der Waals surface area contributed by atoms with Gasteiger partial charge < -0.3 is 5.32 Å². The molecular formula is C26H27N3O2S. The van der Waals surface area contributed by atoms with Gasteiger partial charge in [0.2, 0.25) is 5.91 Å². The number of nitrogens with one attached hydrogen (secondary N) is 1. The van der Waals surface area contributed by atoms with Crippen LogP contribution in [0.2, 0.25) is 0 Å². The predicted molar refractivity (Wildman–Crippen MR) is 130 cm³/mol. The monoisotopic (exact) mass is 445 g/mol. The van der Waals surface area contributed by atoms with E-state index in [4.69, 9.17) is 0 Å². The van der Waals surface area contributed by atoms with Crippen LogP contribution < -0.4 is 10.9 Å². The van der Waals surface area contributed by atoms with Crippen LogP contribution >= 0.6 is 11.3 Å². The van der Waals surface area contributed by atoms with E-state index in [0.717, 1.165) is 27.9 Å². The van der Waals surface area contributed by atoms with Gasteiger partial charge in [0.1, 0.15) is 6.54 Å². The molecular weight excluding hydrogens is 418 g/mol. The summed E-state index contributed by atoms with van der Waals surface area (Å²) in [6.07, 6.45) is 1.08. The molecule has 2 unspecified atom stereocenters. The van der Waals surface area contributed by atoms with Crippen LogP contribution in [0.15, 0.2) is 70.8 Å². The van der Waals surface area contributed by atoms with Gasteiger partial charge in [-0.15, -0.1) is 11.3 Å². The molecule has 0 aliphatic heterocycles. The summed E-state index contributed by atoms with van der Waals surface area (Å²) in [4.78, 5) is 26.9. The molecule has 0 saturated carbocycles. The van der Waals surface area contributed by atoms with Crippen molar-refractivity contribution in [2.45, 2.75) is 45.7 Å². The predicted octanol–water partition coefficient (Wildman–Crippen LogP) is 5.19. The highest BCUT2D eigenvalue weighted by molar-refractivity contribution is 7.10. The van der Waals surface area contributed by atoms with Crippen LogP contribution in [0.4, 0.5) is 0 Å². The highest BCUT2D eigenvalue weighted by Crippen LogP contribution is 2.28. The van der Waals surface area contributed by atoms with Gasteiger partial charge in [-0.1, -0.05) is 62.4 Å². The zero-order valence-electron chi connectivity index (χ0n) is 18.5. The van der Waals surface area contributed by atoms with Crippen molar-refractivity contribution in [1.29, 1.82) is 0 Å². The van der Waals surface area contributed by atoms with Crippen molar-refractivity contribution in [1.82, 2.24) is 15.1 Å². The van der Waals surface area contributed by atoms with Crippen molar-refractivity contribution in [2.24, 2.45) is 0 Å². The van der Waals surface area contributed by atoms with E-state index < -0.39 is 0 Å². The van der Waals surface area contributed by atoms with Crippen LogP contribution in [0, 0.1) is 6.92 Å². The van der Waals surface area contributed by atoms with Crippen molar-refractivity contribution >= 4 is 28.0 Å². The van der Waals surface area contributed by atoms with Crippen molar-refractivity contribution < 1.29 is 4.79 Å². The fraction of sp³-hybridized carbons (Fsp3) is 0.269. The Morgan fingerprint density at radius 2 is 1.72 bits per heavy atom. The number of fused-ring (bicyclic) bond motifs is 1. The molecule has 1 amide bonds. The third-order valence-corrected chi connectivity index (χ3v) is 6.87. The van der Waals surface area contributed by atoms with Crippen LogP contribution in [0.1, 0.15) is 53.9 Å². The molecule has 1 N–H and O–H groups in total. The van der Waals surface area contributed by atoms with Crippen molar-refractivity contribution in [2.75, 3.05) is 0 Å². The minimum Gasteiger partial charge on any atom is -0.343 e. The second kappa shape index (κ2) is 9.49. The minimum atomic E-state index is -0.272. The first-order chi connectivity index (χ1) is 15.5. The molecule has 0 spiro atoms. The molecule has 2 aromatic heterocycles. The molecule has 0 bridgehead atoms. The van der Waals surface area contributed by atoms with E-state index >= 15 is 0 Å². The fourth-order valence-corrected chi connectivity index (χ4v) is 4.68. The summed E-state index contributed by atoms with van der Waals surface area (Å²) in [6, 6.07) is 19.5. The Hall–Kier alpha value is -3.25. The highest BCUT2D eigenvalue weighted by Gasteiger charge is 2.20. The Morgan fingerprint density at radius 1 is 1.03 bits per heavy atom. The number of rotatable bonds is 7. The van der Waals surface area contributed by atoms with Crippen LogP contribution in [0.5, 0.6) is 0 Å². The molecule has 0 fully saturated rings. The van der Waals surface area contributed by atoms with Crippen LogP contribution in [0.25, 0.3) is 10.8 Å². The van der Waals surface area contributed by atoms with Gasteiger partial charge in [-0.05, 0) is 47.9 Å². The van der Waals surface area contributed by atoms with Crippen molar-refractivity contribution in [3.05, 3.63) is 98.1 Å².